The van der Waals surface area contributed by atoms with E-state index in [1.54, 1.807) is 12.1 Å². The Balaban J connectivity index is 1.96. The van der Waals surface area contributed by atoms with E-state index in [1.807, 2.05) is 0 Å². The maximum absolute atomic E-state index is 12.9. The molecule has 1 aliphatic rings. The van der Waals surface area contributed by atoms with Gasteiger partial charge in [0.1, 0.15) is 5.82 Å². The highest BCUT2D eigenvalue weighted by molar-refractivity contribution is 6.30. The molecule has 1 N–H and O–H groups in total. The van der Waals surface area contributed by atoms with Gasteiger partial charge < -0.3 is 5.32 Å². The maximum Gasteiger partial charge on any atom is 0.141 e. The lowest BCUT2D eigenvalue weighted by Gasteiger charge is -2.39. The lowest BCUT2D eigenvalue weighted by atomic mass is 9.78. The zero-order chi connectivity index (χ0) is 10.9. The molecule has 15 heavy (non-hydrogen) atoms. The van der Waals surface area contributed by atoms with E-state index in [1.165, 1.54) is 25.3 Å². The van der Waals surface area contributed by atoms with Gasteiger partial charge >= 0.3 is 0 Å². The van der Waals surface area contributed by atoms with Crippen molar-refractivity contribution >= 4 is 11.6 Å². The topological polar surface area (TPSA) is 12.0 Å². The third-order valence-electron chi connectivity index (χ3n) is 3.16. The highest BCUT2D eigenvalue weighted by Crippen LogP contribution is 2.31. The van der Waals surface area contributed by atoms with Crippen molar-refractivity contribution in [2.24, 2.45) is 0 Å². The van der Waals surface area contributed by atoms with Crippen molar-refractivity contribution in [2.45, 2.75) is 38.3 Å². The van der Waals surface area contributed by atoms with Crippen LogP contribution in [0.25, 0.3) is 0 Å². The second kappa shape index (κ2) is 4.11. The fourth-order valence-electron chi connectivity index (χ4n) is 1.85. The van der Waals surface area contributed by atoms with Crippen molar-refractivity contribution in [1.82, 2.24) is 5.32 Å². The number of hydrogen-bond acceptors (Lipinski definition) is 1. The summed E-state index contributed by atoms with van der Waals surface area (Å²) < 4.78 is 12.9. The van der Waals surface area contributed by atoms with Crippen molar-refractivity contribution in [3.63, 3.8) is 0 Å². The molecular formula is C12H15ClFN. The van der Waals surface area contributed by atoms with Gasteiger partial charge in [0, 0.05) is 12.1 Å². The van der Waals surface area contributed by atoms with Gasteiger partial charge in [0.2, 0.25) is 0 Å². The molecule has 1 aromatic rings. The summed E-state index contributed by atoms with van der Waals surface area (Å²) in [4.78, 5) is 0. The molecule has 1 nitrogen and oxygen atoms in total. The van der Waals surface area contributed by atoms with Gasteiger partial charge in [0.05, 0.1) is 5.02 Å². The van der Waals surface area contributed by atoms with Crippen molar-refractivity contribution in [3.05, 3.63) is 34.6 Å². The molecule has 1 aromatic carbocycles. The molecule has 0 bridgehead atoms. The minimum atomic E-state index is -0.352. The standard InChI is InChI=1S/C12H15ClFN/c1-12(5-2-6-12)15-8-9-3-4-11(14)10(13)7-9/h3-4,7,15H,2,5-6,8H2,1H3. The molecule has 0 unspecified atom stereocenters. The van der Waals surface area contributed by atoms with Crippen LogP contribution in [0.3, 0.4) is 0 Å². The summed E-state index contributed by atoms with van der Waals surface area (Å²) in [5, 5.41) is 3.68. The Morgan fingerprint density at radius 1 is 1.47 bits per heavy atom. The van der Waals surface area contributed by atoms with E-state index in [4.69, 9.17) is 11.6 Å². The molecule has 3 heteroatoms. The molecule has 0 radical (unpaired) electrons. The summed E-state index contributed by atoms with van der Waals surface area (Å²) in [6.45, 7) is 2.98. The van der Waals surface area contributed by atoms with Crippen LogP contribution >= 0.6 is 11.6 Å². The molecule has 0 aromatic heterocycles. The van der Waals surface area contributed by atoms with Crippen LogP contribution < -0.4 is 5.32 Å². The van der Waals surface area contributed by atoms with Crippen LogP contribution in [0.5, 0.6) is 0 Å². The molecule has 0 atom stereocenters. The normalized spacial score (nSPS) is 18.6. The summed E-state index contributed by atoms with van der Waals surface area (Å²) in [6, 6.07) is 4.88. The first-order valence-corrected chi connectivity index (χ1v) is 5.66. The Labute approximate surface area is 94.6 Å². The number of halogens is 2. The molecule has 1 fully saturated rings. The SMILES string of the molecule is CC1(NCc2ccc(F)c(Cl)c2)CCC1. The molecular weight excluding hydrogens is 213 g/mol. The average Bonchev–Trinajstić information content (AvgIpc) is 2.17. The average molecular weight is 228 g/mol. The van der Waals surface area contributed by atoms with Gasteiger partial charge in [0.15, 0.2) is 0 Å². The van der Waals surface area contributed by atoms with Crippen LogP contribution in [0.15, 0.2) is 18.2 Å². The van der Waals surface area contributed by atoms with Crippen LogP contribution in [0, 0.1) is 5.82 Å². The Kier molecular flexibility index (Phi) is 2.98. The fourth-order valence-corrected chi connectivity index (χ4v) is 2.05. The largest absolute Gasteiger partial charge is 0.307 e. The first-order chi connectivity index (χ1) is 7.09. The van der Waals surface area contributed by atoms with E-state index in [9.17, 15) is 4.39 Å². The van der Waals surface area contributed by atoms with Crippen LogP contribution in [-0.4, -0.2) is 5.54 Å². The minimum absolute atomic E-state index is 0.202. The summed E-state index contributed by atoms with van der Waals surface area (Å²) >= 11 is 5.71. The first kappa shape index (κ1) is 10.9. The predicted octanol–water partition coefficient (Wildman–Crippen LogP) is 3.51. The molecule has 0 amide bonds. The number of hydrogen-bond donors (Lipinski definition) is 1. The van der Waals surface area contributed by atoms with E-state index in [0.29, 0.717) is 0 Å². The summed E-state index contributed by atoms with van der Waals surface area (Å²) in [6.07, 6.45) is 3.75. The van der Waals surface area contributed by atoms with Gasteiger partial charge in [-0.05, 0) is 43.9 Å². The predicted molar refractivity (Wildman–Crippen MR) is 60.5 cm³/mol. The third kappa shape index (κ3) is 2.50. The summed E-state index contributed by atoms with van der Waals surface area (Å²) in [7, 11) is 0. The number of nitrogens with one attached hydrogen (secondary N) is 1. The van der Waals surface area contributed by atoms with Crippen molar-refractivity contribution in [2.75, 3.05) is 0 Å². The molecule has 0 heterocycles. The lowest BCUT2D eigenvalue weighted by molar-refractivity contribution is 0.207. The monoisotopic (exact) mass is 227 g/mol. The van der Waals surface area contributed by atoms with E-state index in [0.717, 1.165) is 12.1 Å². The Hall–Kier alpha value is -0.600. The molecule has 0 spiro atoms. The van der Waals surface area contributed by atoms with Gasteiger partial charge in [-0.1, -0.05) is 17.7 Å². The van der Waals surface area contributed by atoms with Gasteiger partial charge in [0.25, 0.3) is 0 Å². The first-order valence-electron chi connectivity index (χ1n) is 5.28. The van der Waals surface area contributed by atoms with Gasteiger partial charge in [-0.15, -0.1) is 0 Å². The molecule has 0 saturated heterocycles. The zero-order valence-electron chi connectivity index (χ0n) is 8.82. The van der Waals surface area contributed by atoms with Crippen LogP contribution in [0.4, 0.5) is 4.39 Å². The highest BCUT2D eigenvalue weighted by atomic mass is 35.5. The fraction of sp³-hybridized carbons (Fsp3) is 0.500. The van der Waals surface area contributed by atoms with E-state index >= 15 is 0 Å². The number of rotatable bonds is 3. The summed E-state index contributed by atoms with van der Waals surface area (Å²) in [5.41, 5.74) is 1.32. The minimum Gasteiger partial charge on any atom is -0.307 e. The molecule has 1 saturated carbocycles. The Bertz CT molecular complexity index is 361. The third-order valence-corrected chi connectivity index (χ3v) is 3.45. The molecule has 1 aliphatic carbocycles. The zero-order valence-corrected chi connectivity index (χ0v) is 9.57. The van der Waals surface area contributed by atoms with Gasteiger partial charge in [-0.2, -0.15) is 0 Å². The maximum atomic E-state index is 12.9. The molecule has 2 rings (SSSR count). The quantitative estimate of drug-likeness (QED) is 0.833. The second-order valence-corrected chi connectivity index (χ2v) is 4.92. The summed E-state index contributed by atoms with van der Waals surface area (Å²) in [5.74, 6) is -0.352. The Morgan fingerprint density at radius 3 is 2.73 bits per heavy atom. The van der Waals surface area contributed by atoms with Crippen LogP contribution in [-0.2, 0) is 6.54 Å². The van der Waals surface area contributed by atoms with Crippen LogP contribution in [0.1, 0.15) is 31.7 Å². The van der Waals surface area contributed by atoms with Crippen molar-refractivity contribution in [3.8, 4) is 0 Å². The van der Waals surface area contributed by atoms with E-state index in [-0.39, 0.29) is 16.4 Å². The molecule has 82 valence electrons. The second-order valence-electron chi connectivity index (χ2n) is 4.52. The van der Waals surface area contributed by atoms with Crippen LogP contribution in [0.2, 0.25) is 5.02 Å². The van der Waals surface area contributed by atoms with Crippen molar-refractivity contribution in [1.29, 1.82) is 0 Å². The number of benzene rings is 1. The molecule has 0 aliphatic heterocycles. The Morgan fingerprint density at radius 2 is 2.20 bits per heavy atom. The van der Waals surface area contributed by atoms with Gasteiger partial charge in [-0.3, -0.25) is 0 Å². The highest BCUT2D eigenvalue weighted by Gasteiger charge is 2.30. The smallest absolute Gasteiger partial charge is 0.141 e. The van der Waals surface area contributed by atoms with E-state index < -0.39 is 0 Å². The van der Waals surface area contributed by atoms with Crippen molar-refractivity contribution < 1.29 is 4.39 Å². The van der Waals surface area contributed by atoms with E-state index in [2.05, 4.69) is 12.2 Å². The van der Waals surface area contributed by atoms with Gasteiger partial charge in [-0.25, -0.2) is 4.39 Å². The lowest BCUT2D eigenvalue weighted by Crippen LogP contribution is -2.47.